The summed E-state index contributed by atoms with van der Waals surface area (Å²) in [4.78, 5) is 140. The molecule has 4 aliphatic heterocycles. The van der Waals surface area contributed by atoms with Crippen LogP contribution in [0.15, 0.2) is 98.6 Å². The second-order valence-electron chi connectivity index (χ2n) is 41.4. The maximum Gasteiger partial charge on any atom is 0.338 e. The number of anilines is 4. The number of benzene rings is 1. The number of carbonyl (C=O) groups is 5. The molecule has 0 bridgehead atoms. The number of H-pyrrole nitrogens is 4. The number of rotatable bonds is 25. The Balaban J connectivity index is 0.000000256. The van der Waals surface area contributed by atoms with Crippen LogP contribution in [0.2, 0.25) is 72.5 Å². The number of carbonyl (C=O) groups excluding carboxylic acids is 5. The van der Waals surface area contributed by atoms with Crippen molar-refractivity contribution in [1.29, 1.82) is 4.29 Å². The van der Waals surface area contributed by atoms with Crippen LogP contribution in [0, 0.1) is 23.7 Å². The van der Waals surface area contributed by atoms with Crippen LogP contribution in [-0.2, 0) is 60.6 Å². The molecule has 4 unspecified atom stereocenters. The number of esters is 1. The van der Waals surface area contributed by atoms with Gasteiger partial charge >= 0.3 is 5.97 Å². The maximum absolute atomic E-state index is 12.8. The molecule has 774 valence electrons. The Hall–Kier alpha value is -9.48. The van der Waals surface area contributed by atoms with Crippen LogP contribution in [0.25, 0.3) is 44.1 Å². The molecule has 45 heteroatoms. The van der Waals surface area contributed by atoms with E-state index in [1.807, 2.05) is 6.07 Å². The number of aromatic nitrogens is 12. The molecule has 4 aliphatic rings. The van der Waals surface area contributed by atoms with Crippen LogP contribution in [0.5, 0.6) is 0 Å². The molecule has 8 aromatic heterocycles. The summed E-state index contributed by atoms with van der Waals surface area (Å²) in [6.45, 7) is 54.9. The molecule has 13 rings (SSSR count). The number of nitrogens with zero attached hydrogens (tertiary/aromatic N) is 8. The Labute approximate surface area is 823 Å². The van der Waals surface area contributed by atoms with Crippen molar-refractivity contribution in [3.63, 3.8) is 0 Å². The van der Waals surface area contributed by atoms with Crippen molar-refractivity contribution in [3.05, 3.63) is 126 Å². The first kappa shape index (κ1) is 107. The topological polar surface area (TPSA) is 561 Å². The molecule has 0 aliphatic carbocycles. The number of aromatic amines is 4. The summed E-state index contributed by atoms with van der Waals surface area (Å²) in [5.41, 5.74) is -0.0297. The van der Waals surface area contributed by atoms with Gasteiger partial charge in [-0.3, -0.25) is 79.6 Å². The van der Waals surface area contributed by atoms with Gasteiger partial charge in [0, 0.05) is 86.7 Å². The summed E-state index contributed by atoms with van der Waals surface area (Å²) in [7, 11) is -5.38. The van der Waals surface area contributed by atoms with Gasteiger partial charge in [0.15, 0.2) is 80.8 Å². The molecule has 12 heterocycles. The van der Waals surface area contributed by atoms with Crippen LogP contribution in [0.4, 0.5) is 23.8 Å². The summed E-state index contributed by atoms with van der Waals surface area (Å²) in [6, 6.07) is 15.1. The van der Waals surface area contributed by atoms with E-state index in [1.54, 1.807) is 147 Å². The Morgan fingerprint density at radius 2 is 0.741 bits per heavy atom. The molecule has 15 N–H and O–H groups in total. The van der Waals surface area contributed by atoms with Crippen molar-refractivity contribution in [3.8, 4) is 0 Å². The number of hydrogen-bond donors (Lipinski definition) is 15. The van der Waals surface area contributed by atoms with E-state index in [0.29, 0.717) is 38.4 Å². The van der Waals surface area contributed by atoms with Crippen molar-refractivity contribution < 1.29 is 105 Å². The third-order valence-electron chi connectivity index (χ3n) is 25.8. The van der Waals surface area contributed by atoms with Gasteiger partial charge in [0.1, 0.15) is 37.1 Å². The van der Waals surface area contributed by atoms with E-state index in [4.69, 9.17) is 49.8 Å². The SMILES string of the molecule is CC(C)C(=O)Nc1nc2c(ccn2[C@@H]2O[C@H](CO)C(O)[C@@H]2O[Si](C)(C)C(C)(C)C)c(=O)[nH]1.[2H]C1[C@@H](CO)O[C@@H](n2ccc3c(=O)[nH]c(NC(=O)C(C)C)nc32)[C@H]1O[Si](C)(C)C(C)(C)C.[2H]C1[C@@H](COC(=O)c2ccccc2)O[C@@H](n2ccc3c(=O)[nH]c(NC(=O)C(C)C)nc32)[C@H]1O[Si](C)(C)C(C)(C)C.[2H]C[C@H]1O[C@@H](n2ccc3c(=O)[nH]c(NC(=O)C(C)C)nc32)[C@@H](O[Si](C)(C)C(C)(C)C)C1O.[3H]OC.[3H]OC.[3H]OC. The molecule has 1 aromatic carbocycles. The fraction of sp³-hybridized carbons (Fsp3) is 0.628. The third kappa shape index (κ3) is 27.9. The number of ether oxygens (including phenoxy) is 5. The van der Waals surface area contributed by atoms with Gasteiger partial charge in [-0.1, -0.05) is 157 Å². The Morgan fingerprint density at radius 1 is 0.453 bits per heavy atom. The number of aliphatic hydroxyl groups excluding tert-OH is 7. The normalized spacial score (nSPS) is 23.5. The highest BCUT2D eigenvalue weighted by molar-refractivity contribution is 6.75. The Bertz CT molecular complexity index is 5670. The molecular formula is C94H152N16O25Si4. The van der Waals surface area contributed by atoms with Gasteiger partial charge in [0.25, 0.3) is 22.2 Å². The zero-order chi connectivity index (χ0) is 110. The average Bonchev–Trinajstić information content (AvgIpc) is 1.61. The first-order chi connectivity index (χ1) is 67.2. The van der Waals surface area contributed by atoms with Crippen molar-refractivity contribution in [2.24, 2.45) is 23.7 Å². The molecule has 9 aromatic rings. The lowest BCUT2D eigenvalue weighted by Gasteiger charge is -2.40. The first-order valence-electron chi connectivity index (χ1n) is 49.2. The molecule has 0 saturated carbocycles. The molecule has 41 nitrogen and oxygen atoms in total. The highest BCUT2D eigenvalue weighted by Crippen LogP contribution is 2.48. The monoisotopic (exact) mass is 2030 g/mol. The van der Waals surface area contributed by atoms with Crippen molar-refractivity contribution in [2.45, 2.75) is 317 Å². The van der Waals surface area contributed by atoms with E-state index in [0.717, 1.165) is 0 Å². The summed E-state index contributed by atoms with van der Waals surface area (Å²) in [5, 5.41) is 63.1. The lowest BCUT2D eigenvalue weighted by atomic mass is 10.1. The standard InChI is InChI=1S/C28H38N4O6Si.C21H34N4O6Si.2C21H34N4O5Si.3CH4O/c1-17(2)23(33)30-27-29-22-20(24(34)31-27)13-14-32(22)25-21(38-39(6,7)28(3,4)5)15-19(37-25)16-36-26(35)18-11-9-8-10-12-18;1-11(2)17(28)23-20-22-16-12(18(29)24-20)8-9-25(16)19-15(14(27)13(10-26)30-19)31-32(6,7)21(3,4)5;1-11(2)17(27)23-20-22-16-13(18(28)24-20)9-10-25(16)19-15(14(26)12(3)29-19)30-31(7,8)21(4,5)6;1-12(2)17(27)23-20-22-16-14(18(28)24-20)8-9-25(16)19-15(10-13(11-26)29-19)30-31(6,7)21(3,4)5;3*1-2/h8-14,17,19,21,25H,15-16H2,1-7H3,(H2,29,30,31,33,34);8-9,11,13-15,19,26-27H,10H2,1-7H3,(H2,22,23,24,28,29);9-12,14-15,19,26H,1-8H3,(H2,22,23,24,27,28);8-9,12-13,15,19,26H,10-11H2,1-7H3,(H2,22,23,24,27,28);3*2H,1H3/t19-,21-,25+;13-,14?,15+,19-;12-,14?,15+,19-;13-,15-,19+;;;/m0110.../s1/i15D;;3D;10D;3*2T/t15?,19-,21-,25+;;m;10?,13-,15-,19+;;;. The van der Waals surface area contributed by atoms with Crippen LogP contribution in [0.3, 0.4) is 0 Å². The summed E-state index contributed by atoms with van der Waals surface area (Å²) in [5.74, 6) is -2.64. The fourth-order valence-corrected chi connectivity index (χ4v) is 18.5. The second-order valence-corrected chi connectivity index (χ2v) is 60.4. The lowest BCUT2D eigenvalue weighted by molar-refractivity contribution is -0.119. The molecule has 0 radical (unpaired) electrons. The Morgan fingerprint density at radius 3 is 1.04 bits per heavy atom. The Kier molecular flexibility index (Phi) is 36.6. The van der Waals surface area contributed by atoms with E-state index < -0.39 is 160 Å². The number of fused-ring (bicyclic) bond motifs is 4. The number of aliphatic hydroxyl groups is 7. The predicted molar refractivity (Wildman–Crippen MR) is 541 cm³/mol. The summed E-state index contributed by atoms with van der Waals surface area (Å²) in [6.07, 6.45) is -6.21. The third-order valence-corrected chi connectivity index (χ3v) is 43.7. The van der Waals surface area contributed by atoms with Gasteiger partial charge in [-0.25, -0.2) is 4.79 Å². The smallest absolute Gasteiger partial charge is 0.338 e. The predicted octanol–water partition coefficient (Wildman–Crippen LogP) is 11.6. The van der Waals surface area contributed by atoms with Gasteiger partial charge in [0.05, 0.1) is 70.8 Å². The van der Waals surface area contributed by atoms with E-state index in [2.05, 4.69) is 212 Å². The molecule has 4 amide bonds. The maximum atomic E-state index is 12.8. The van der Waals surface area contributed by atoms with Crippen LogP contribution < -0.4 is 43.5 Å². The van der Waals surface area contributed by atoms with Gasteiger partial charge < -0.3 is 95.4 Å². The minimum Gasteiger partial charge on any atom is -0.459 e. The van der Waals surface area contributed by atoms with Crippen molar-refractivity contribution in [2.75, 3.05) is 62.4 Å². The average molecular weight is 2030 g/mol. The van der Waals surface area contributed by atoms with Gasteiger partial charge in [-0.05, 0) is 116 Å². The summed E-state index contributed by atoms with van der Waals surface area (Å²) < 4.78 is 105. The molecule has 4 fully saturated rings. The van der Waals surface area contributed by atoms with Crippen LogP contribution >= 0.6 is 0 Å². The number of amides is 4. The molecular weight excluding hydrogens is 1870 g/mol. The van der Waals surface area contributed by atoms with Gasteiger partial charge in [-0.15, -0.1) is 0 Å². The van der Waals surface area contributed by atoms with Crippen molar-refractivity contribution >= 4 is 131 Å². The van der Waals surface area contributed by atoms with E-state index in [9.17, 15) is 63.6 Å². The summed E-state index contributed by atoms with van der Waals surface area (Å²) >= 11 is 0. The van der Waals surface area contributed by atoms with E-state index in [1.165, 1.54) is 21.3 Å². The van der Waals surface area contributed by atoms with Crippen LogP contribution in [-0.4, -0.2) is 263 Å². The quantitative estimate of drug-likeness (QED) is 0.0187. The lowest BCUT2D eigenvalue weighted by Crippen LogP contribution is -2.48. The molecule has 16 atom stereocenters. The molecule has 4 saturated heterocycles. The van der Waals surface area contributed by atoms with Crippen LogP contribution in [0.1, 0.15) is 198 Å². The largest absolute Gasteiger partial charge is 0.459 e. The van der Waals surface area contributed by atoms with Gasteiger partial charge in [0.2, 0.25) is 51.7 Å². The van der Waals surface area contributed by atoms with Gasteiger partial charge in [-0.2, -0.15) is 19.9 Å². The minimum atomic E-state index is -2.38. The zero-order valence-electron chi connectivity index (χ0n) is 91.8. The highest BCUT2D eigenvalue weighted by atomic mass is 28.4. The molecule has 0 spiro atoms. The second kappa shape index (κ2) is 47.6. The van der Waals surface area contributed by atoms with E-state index in [-0.39, 0.29) is 129 Å². The first-order valence-corrected chi connectivity index (χ1v) is 57.8. The molecule has 139 heavy (non-hydrogen) atoms. The highest BCUT2D eigenvalue weighted by Gasteiger charge is 2.54. The number of hydrogen-bond acceptors (Lipinski definition) is 29. The fourth-order valence-electron chi connectivity index (χ4n) is 13.5. The zero-order valence-corrected chi connectivity index (χ0v) is 89.8. The van der Waals surface area contributed by atoms with E-state index >= 15 is 0 Å². The van der Waals surface area contributed by atoms with Crippen molar-refractivity contribution in [1.82, 2.24) is 58.1 Å². The number of nitrogens with one attached hydrogen (secondary N) is 8. The minimum absolute atomic E-state index is 0.0202.